The first-order valence-electron chi connectivity index (χ1n) is 15.5. The van der Waals surface area contributed by atoms with Gasteiger partial charge in [0.25, 0.3) is 0 Å². The summed E-state index contributed by atoms with van der Waals surface area (Å²) in [5, 5.41) is 0. The molecule has 224 valence electrons. The topological polar surface area (TPSA) is 6.48 Å². The van der Waals surface area contributed by atoms with Crippen molar-refractivity contribution >= 4 is 66.0 Å². The first-order chi connectivity index (χ1) is 22.0. The van der Waals surface area contributed by atoms with Crippen molar-refractivity contribution in [1.82, 2.24) is 0 Å². The van der Waals surface area contributed by atoms with Gasteiger partial charge in [-0.1, -0.05) is 99.3 Å². The van der Waals surface area contributed by atoms with Crippen molar-refractivity contribution in [3.8, 4) is 11.1 Å². The highest BCUT2D eigenvalue weighted by Gasteiger charge is 2.15. The minimum Gasteiger partial charge on any atom is -0.311 e. The molecule has 6 aromatic rings. The van der Waals surface area contributed by atoms with Crippen LogP contribution in [0.5, 0.6) is 0 Å². The zero-order valence-corrected chi connectivity index (χ0v) is 28.8. The quantitative estimate of drug-likeness (QED) is 0.139. The van der Waals surface area contributed by atoms with Gasteiger partial charge in [-0.15, -0.1) is 0 Å². The number of rotatable bonds is 10. The number of aryl methyl sites for hydroxylation is 2. The maximum atomic E-state index is 3.60. The zero-order valence-electron chi connectivity index (χ0n) is 25.6. The molecule has 0 unspecified atom stereocenters. The second-order valence-corrected chi connectivity index (χ2v) is 13.2. The molecule has 2 nitrogen and oxygen atoms in total. The van der Waals surface area contributed by atoms with Crippen LogP contribution in [0.3, 0.4) is 0 Å². The Kier molecular flexibility index (Phi) is 9.83. The average Bonchev–Trinajstić information content (AvgIpc) is 3.08. The minimum absolute atomic E-state index is 1.07. The molecule has 6 aromatic carbocycles. The Morgan fingerprint density at radius 1 is 0.422 bits per heavy atom. The summed E-state index contributed by atoms with van der Waals surface area (Å²) >= 11 is 7.18. The predicted octanol–water partition coefficient (Wildman–Crippen LogP) is 13.5. The molecule has 0 aliphatic rings. The maximum Gasteiger partial charge on any atom is 0.0462 e. The molecule has 0 atom stereocenters. The third-order valence-corrected chi connectivity index (χ3v) is 9.12. The number of halogens is 2. The van der Waals surface area contributed by atoms with E-state index in [0.29, 0.717) is 0 Å². The fourth-order valence-electron chi connectivity index (χ4n) is 5.57. The van der Waals surface area contributed by atoms with Gasteiger partial charge in [-0.3, -0.25) is 0 Å². The van der Waals surface area contributed by atoms with Gasteiger partial charge >= 0.3 is 0 Å². The monoisotopic (exact) mass is 714 g/mol. The van der Waals surface area contributed by atoms with Crippen LogP contribution in [0, 0.1) is 6.92 Å². The molecular weight excluding hydrogens is 680 g/mol. The normalized spacial score (nSPS) is 10.9. The van der Waals surface area contributed by atoms with Gasteiger partial charge in [0.2, 0.25) is 0 Å². The Morgan fingerprint density at radius 3 is 1.09 bits per heavy atom. The molecule has 0 radical (unpaired) electrons. The van der Waals surface area contributed by atoms with E-state index in [0.717, 1.165) is 49.5 Å². The van der Waals surface area contributed by atoms with E-state index in [-0.39, 0.29) is 0 Å². The number of nitrogens with zero attached hydrogens (tertiary/aromatic N) is 2. The lowest BCUT2D eigenvalue weighted by molar-refractivity contribution is 0.795. The number of benzene rings is 6. The summed E-state index contributed by atoms with van der Waals surface area (Å²) in [7, 11) is 0. The predicted molar refractivity (Wildman–Crippen MR) is 200 cm³/mol. The van der Waals surface area contributed by atoms with E-state index >= 15 is 0 Å². The molecule has 0 spiro atoms. The lowest BCUT2D eigenvalue weighted by atomic mass is 10.0. The summed E-state index contributed by atoms with van der Waals surface area (Å²) in [6, 6.07) is 52.4. The van der Waals surface area contributed by atoms with Crippen LogP contribution in [-0.4, -0.2) is 0 Å². The molecule has 0 aliphatic heterocycles. The van der Waals surface area contributed by atoms with Crippen molar-refractivity contribution in [2.24, 2.45) is 0 Å². The maximum absolute atomic E-state index is 3.60. The van der Waals surface area contributed by atoms with Gasteiger partial charge in [-0.2, -0.15) is 0 Å². The van der Waals surface area contributed by atoms with E-state index in [1.54, 1.807) is 0 Å². The third kappa shape index (κ3) is 7.41. The van der Waals surface area contributed by atoms with Gasteiger partial charge in [0.1, 0.15) is 0 Å². The standard InChI is InChI=1S/C41H36Br2N2/c1-3-4-5-31-8-20-37(21-9-31)45(41-28-16-35(43)17-29-41)39-24-12-33(13-25-39)32-10-22-38(23-11-32)44(36-18-6-30(2)7-19-36)40-26-14-34(42)15-27-40/h6-29H,3-5H2,1-2H3. The van der Waals surface area contributed by atoms with E-state index in [1.165, 1.54) is 35.1 Å². The Morgan fingerprint density at radius 2 is 0.733 bits per heavy atom. The third-order valence-electron chi connectivity index (χ3n) is 8.06. The molecule has 0 saturated heterocycles. The van der Waals surface area contributed by atoms with Crippen LogP contribution in [-0.2, 0) is 6.42 Å². The van der Waals surface area contributed by atoms with E-state index in [1.807, 2.05) is 0 Å². The number of hydrogen-bond acceptors (Lipinski definition) is 2. The fourth-order valence-corrected chi connectivity index (χ4v) is 6.10. The van der Waals surface area contributed by atoms with Crippen molar-refractivity contribution in [1.29, 1.82) is 0 Å². The van der Waals surface area contributed by atoms with E-state index in [2.05, 4.69) is 201 Å². The average molecular weight is 717 g/mol. The van der Waals surface area contributed by atoms with Gasteiger partial charge in [-0.25, -0.2) is 0 Å². The highest BCUT2D eigenvalue weighted by atomic mass is 79.9. The van der Waals surface area contributed by atoms with Crippen LogP contribution in [0.4, 0.5) is 34.1 Å². The van der Waals surface area contributed by atoms with Crippen LogP contribution in [0.2, 0.25) is 0 Å². The lowest BCUT2D eigenvalue weighted by Crippen LogP contribution is -2.10. The number of unbranched alkanes of at least 4 members (excludes halogenated alkanes) is 1. The molecule has 0 N–H and O–H groups in total. The van der Waals surface area contributed by atoms with Gasteiger partial charge < -0.3 is 9.80 Å². The van der Waals surface area contributed by atoms with Crippen molar-refractivity contribution in [3.05, 3.63) is 166 Å². The summed E-state index contributed by atoms with van der Waals surface area (Å²) in [4.78, 5) is 4.61. The van der Waals surface area contributed by atoms with Crippen LogP contribution >= 0.6 is 31.9 Å². The summed E-state index contributed by atoms with van der Waals surface area (Å²) in [5.41, 5.74) is 11.8. The van der Waals surface area contributed by atoms with Crippen molar-refractivity contribution in [2.75, 3.05) is 9.80 Å². The Labute approximate surface area is 284 Å². The number of hydrogen-bond donors (Lipinski definition) is 0. The summed E-state index contributed by atoms with van der Waals surface area (Å²) < 4.78 is 2.14. The van der Waals surface area contributed by atoms with E-state index in [4.69, 9.17) is 0 Å². The molecule has 45 heavy (non-hydrogen) atoms. The van der Waals surface area contributed by atoms with Crippen LogP contribution in [0.15, 0.2) is 155 Å². The molecule has 0 aromatic heterocycles. The summed E-state index contributed by atoms with van der Waals surface area (Å²) in [5.74, 6) is 0. The molecule has 0 heterocycles. The van der Waals surface area contributed by atoms with Crippen molar-refractivity contribution in [3.63, 3.8) is 0 Å². The van der Waals surface area contributed by atoms with E-state index < -0.39 is 0 Å². The minimum atomic E-state index is 1.07. The van der Waals surface area contributed by atoms with Crippen LogP contribution in [0.25, 0.3) is 11.1 Å². The fraction of sp³-hybridized carbons (Fsp3) is 0.122. The molecule has 4 heteroatoms. The molecule has 0 saturated carbocycles. The zero-order chi connectivity index (χ0) is 31.2. The molecule has 0 aliphatic carbocycles. The van der Waals surface area contributed by atoms with Crippen molar-refractivity contribution in [2.45, 2.75) is 33.1 Å². The first-order valence-corrected chi connectivity index (χ1v) is 17.0. The highest BCUT2D eigenvalue weighted by Crippen LogP contribution is 2.38. The van der Waals surface area contributed by atoms with Gasteiger partial charge in [-0.05, 0) is 134 Å². The highest BCUT2D eigenvalue weighted by molar-refractivity contribution is 9.10. The molecule has 0 fully saturated rings. The SMILES string of the molecule is CCCCc1ccc(N(c2ccc(Br)cc2)c2ccc(-c3ccc(N(c4ccc(C)cc4)c4ccc(Br)cc4)cc3)cc2)cc1. The molecule has 6 rings (SSSR count). The van der Waals surface area contributed by atoms with Crippen molar-refractivity contribution < 1.29 is 0 Å². The van der Waals surface area contributed by atoms with E-state index in [9.17, 15) is 0 Å². The van der Waals surface area contributed by atoms with Gasteiger partial charge in [0, 0.05) is 43.1 Å². The summed E-state index contributed by atoms with van der Waals surface area (Å²) in [6.45, 7) is 4.36. The van der Waals surface area contributed by atoms with Crippen LogP contribution in [0.1, 0.15) is 30.9 Å². The Bertz CT molecular complexity index is 1770. The lowest BCUT2D eigenvalue weighted by Gasteiger charge is -2.26. The smallest absolute Gasteiger partial charge is 0.0462 e. The summed E-state index contributed by atoms with van der Waals surface area (Å²) in [6.07, 6.45) is 3.54. The van der Waals surface area contributed by atoms with Crippen LogP contribution < -0.4 is 9.80 Å². The number of anilines is 6. The van der Waals surface area contributed by atoms with Gasteiger partial charge in [0.05, 0.1) is 0 Å². The molecule has 0 amide bonds. The molecular formula is C41H36Br2N2. The molecule has 0 bridgehead atoms. The first kappa shape index (κ1) is 30.9. The Hall–Kier alpha value is -4.12. The second kappa shape index (κ2) is 14.3. The largest absolute Gasteiger partial charge is 0.311 e. The second-order valence-electron chi connectivity index (χ2n) is 11.3. The Balaban J connectivity index is 1.29. The van der Waals surface area contributed by atoms with Gasteiger partial charge in [0.15, 0.2) is 0 Å².